The summed E-state index contributed by atoms with van der Waals surface area (Å²) in [5, 5.41) is 2.91. The van der Waals surface area contributed by atoms with Crippen LogP contribution < -0.4 is 5.32 Å². The molecule has 2 heterocycles. The van der Waals surface area contributed by atoms with E-state index in [0.717, 1.165) is 31.5 Å². The molecular formula is C21H34N4O2. The topological polar surface area (TPSA) is 65.5 Å². The van der Waals surface area contributed by atoms with E-state index >= 15 is 0 Å². The molecule has 1 saturated heterocycles. The second kappa shape index (κ2) is 9.31. The molecule has 1 N–H and O–H groups in total. The van der Waals surface area contributed by atoms with Crippen molar-refractivity contribution < 1.29 is 9.59 Å². The molecule has 0 saturated carbocycles. The third-order valence-corrected chi connectivity index (χ3v) is 5.34. The molecule has 0 radical (unpaired) electrons. The van der Waals surface area contributed by atoms with Crippen LogP contribution in [-0.2, 0) is 9.59 Å². The average molecular weight is 375 g/mol. The fourth-order valence-corrected chi connectivity index (χ4v) is 3.80. The number of carbonyl (C=O) groups excluding carboxylic acids is 2. The molecule has 6 heteroatoms. The molecule has 27 heavy (non-hydrogen) atoms. The van der Waals surface area contributed by atoms with Gasteiger partial charge in [-0.25, -0.2) is 4.98 Å². The summed E-state index contributed by atoms with van der Waals surface area (Å²) in [4.78, 5) is 33.8. The number of hydrogen-bond acceptors (Lipinski definition) is 4. The fourth-order valence-electron chi connectivity index (χ4n) is 3.80. The summed E-state index contributed by atoms with van der Waals surface area (Å²) >= 11 is 0. The first-order valence-electron chi connectivity index (χ1n) is 10.0. The molecule has 1 fully saturated rings. The molecule has 1 aliphatic heterocycles. The van der Waals surface area contributed by atoms with E-state index in [1.165, 1.54) is 0 Å². The van der Waals surface area contributed by atoms with E-state index in [-0.39, 0.29) is 35.9 Å². The monoisotopic (exact) mass is 374 g/mol. The minimum atomic E-state index is -0.155. The maximum absolute atomic E-state index is 12.9. The maximum Gasteiger partial charge on any atom is 0.240 e. The Balaban J connectivity index is 1.89. The second-order valence-electron chi connectivity index (χ2n) is 8.13. The average Bonchev–Trinajstić information content (AvgIpc) is 2.62. The van der Waals surface area contributed by atoms with E-state index in [1.807, 2.05) is 30.9 Å². The van der Waals surface area contributed by atoms with E-state index < -0.39 is 0 Å². The number of piperidine rings is 1. The summed E-state index contributed by atoms with van der Waals surface area (Å²) in [5.74, 6) is 0.766. The number of likely N-dealkylation sites (tertiary alicyclic amines) is 1. The Kier molecular flexibility index (Phi) is 7.36. The Bertz CT molecular complexity index is 626. The number of carbonyl (C=O) groups is 2. The van der Waals surface area contributed by atoms with Gasteiger partial charge >= 0.3 is 0 Å². The van der Waals surface area contributed by atoms with Crippen LogP contribution in [0, 0.1) is 12.8 Å². The lowest BCUT2D eigenvalue weighted by atomic mass is 9.94. The van der Waals surface area contributed by atoms with Crippen molar-refractivity contribution in [2.45, 2.75) is 72.5 Å². The number of hydrogen-bond donors (Lipinski definition) is 1. The van der Waals surface area contributed by atoms with Gasteiger partial charge < -0.3 is 10.2 Å². The number of pyridine rings is 1. The van der Waals surface area contributed by atoms with Gasteiger partial charge in [-0.3, -0.25) is 14.5 Å². The molecule has 150 valence electrons. The minimum Gasteiger partial charge on any atom is -0.336 e. The molecule has 0 aromatic carbocycles. The fraction of sp³-hybridized carbons (Fsp3) is 0.667. The Morgan fingerprint density at radius 1 is 1.11 bits per heavy atom. The van der Waals surface area contributed by atoms with Crippen LogP contribution in [0.4, 0.5) is 5.82 Å². The van der Waals surface area contributed by atoms with Crippen molar-refractivity contribution in [2.24, 2.45) is 5.92 Å². The zero-order chi connectivity index (χ0) is 20.1. The number of aryl methyl sites for hydroxylation is 1. The van der Waals surface area contributed by atoms with Gasteiger partial charge in [0, 0.05) is 24.2 Å². The van der Waals surface area contributed by atoms with Gasteiger partial charge in [-0.1, -0.05) is 6.07 Å². The summed E-state index contributed by atoms with van der Waals surface area (Å²) in [6.45, 7) is 13.7. The van der Waals surface area contributed by atoms with Crippen LogP contribution in [0.2, 0.25) is 0 Å². The van der Waals surface area contributed by atoms with Crippen LogP contribution in [0.5, 0.6) is 0 Å². The summed E-state index contributed by atoms with van der Waals surface area (Å²) in [7, 11) is 0. The number of anilines is 1. The predicted molar refractivity (Wildman–Crippen MR) is 108 cm³/mol. The van der Waals surface area contributed by atoms with Gasteiger partial charge in [0.1, 0.15) is 5.82 Å². The van der Waals surface area contributed by atoms with Crippen molar-refractivity contribution in [2.75, 3.05) is 18.4 Å². The van der Waals surface area contributed by atoms with Crippen LogP contribution >= 0.6 is 0 Å². The number of amides is 2. The normalized spacial score (nSPS) is 17.2. The minimum absolute atomic E-state index is 0.0240. The highest BCUT2D eigenvalue weighted by Gasteiger charge is 2.33. The van der Waals surface area contributed by atoms with Crippen molar-refractivity contribution in [3.05, 3.63) is 23.9 Å². The van der Waals surface area contributed by atoms with Gasteiger partial charge in [0.25, 0.3) is 0 Å². The van der Waals surface area contributed by atoms with E-state index in [2.05, 4.69) is 42.9 Å². The highest BCUT2D eigenvalue weighted by atomic mass is 16.2. The molecule has 0 spiro atoms. The lowest BCUT2D eigenvalue weighted by Crippen LogP contribution is -2.53. The van der Waals surface area contributed by atoms with Crippen LogP contribution in [0.1, 0.15) is 53.0 Å². The summed E-state index contributed by atoms with van der Waals surface area (Å²) in [5.41, 5.74) is 1.07. The SMILES string of the molecule is Cc1ccc(NC(=O)C2CCN(C(C)C(=O)N(C(C)C)C(C)C)CC2)nc1. The van der Waals surface area contributed by atoms with Crippen molar-refractivity contribution >= 4 is 17.6 Å². The number of rotatable bonds is 6. The lowest BCUT2D eigenvalue weighted by Gasteiger charge is -2.39. The molecule has 2 amide bonds. The first kappa shape index (κ1) is 21.4. The van der Waals surface area contributed by atoms with Gasteiger partial charge in [0.15, 0.2) is 0 Å². The Labute approximate surface area is 163 Å². The predicted octanol–water partition coefficient (Wildman–Crippen LogP) is 3.07. The first-order valence-corrected chi connectivity index (χ1v) is 10.0. The Hall–Kier alpha value is -1.95. The Morgan fingerprint density at radius 2 is 1.70 bits per heavy atom. The van der Waals surface area contributed by atoms with Crippen LogP contribution in [0.15, 0.2) is 18.3 Å². The van der Waals surface area contributed by atoms with Gasteiger partial charge in [-0.15, -0.1) is 0 Å². The third kappa shape index (κ3) is 5.51. The van der Waals surface area contributed by atoms with Crippen LogP contribution in [0.3, 0.4) is 0 Å². The first-order chi connectivity index (χ1) is 12.7. The highest BCUT2D eigenvalue weighted by Crippen LogP contribution is 2.22. The molecule has 1 aliphatic rings. The van der Waals surface area contributed by atoms with E-state index in [0.29, 0.717) is 5.82 Å². The molecule has 1 unspecified atom stereocenters. The third-order valence-electron chi connectivity index (χ3n) is 5.34. The molecule has 2 rings (SSSR count). The van der Waals surface area contributed by atoms with Gasteiger partial charge in [0.05, 0.1) is 6.04 Å². The summed E-state index contributed by atoms with van der Waals surface area (Å²) in [6, 6.07) is 3.98. The molecular weight excluding hydrogens is 340 g/mol. The van der Waals surface area contributed by atoms with Gasteiger partial charge in [-0.05, 0) is 79.1 Å². The second-order valence-corrected chi connectivity index (χ2v) is 8.13. The smallest absolute Gasteiger partial charge is 0.240 e. The zero-order valence-corrected chi connectivity index (χ0v) is 17.5. The standard InChI is InChI=1S/C21H34N4O2/c1-14(2)25(15(3)4)21(27)17(6)24-11-9-18(10-12-24)20(26)23-19-8-7-16(5)13-22-19/h7-8,13-15,17-18H,9-12H2,1-6H3,(H,22,23,26). The van der Waals surface area contributed by atoms with Crippen molar-refractivity contribution in [1.29, 1.82) is 0 Å². The molecule has 1 aromatic rings. The van der Waals surface area contributed by atoms with Crippen LogP contribution in [-0.4, -0.2) is 57.8 Å². The molecule has 0 aliphatic carbocycles. The quantitative estimate of drug-likeness (QED) is 0.831. The molecule has 1 atom stereocenters. The lowest BCUT2D eigenvalue weighted by molar-refractivity contribution is -0.140. The number of nitrogens with one attached hydrogen (secondary N) is 1. The zero-order valence-electron chi connectivity index (χ0n) is 17.5. The van der Waals surface area contributed by atoms with E-state index in [1.54, 1.807) is 6.20 Å². The summed E-state index contributed by atoms with van der Waals surface area (Å²) < 4.78 is 0. The van der Waals surface area contributed by atoms with Crippen molar-refractivity contribution in [3.8, 4) is 0 Å². The van der Waals surface area contributed by atoms with Crippen LogP contribution in [0.25, 0.3) is 0 Å². The summed E-state index contributed by atoms with van der Waals surface area (Å²) in [6.07, 6.45) is 3.28. The number of nitrogens with zero attached hydrogens (tertiary/aromatic N) is 3. The maximum atomic E-state index is 12.9. The van der Waals surface area contributed by atoms with Crippen molar-refractivity contribution in [3.63, 3.8) is 0 Å². The van der Waals surface area contributed by atoms with Gasteiger partial charge in [0.2, 0.25) is 11.8 Å². The van der Waals surface area contributed by atoms with E-state index in [9.17, 15) is 9.59 Å². The molecule has 6 nitrogen and oxygen atoms in total. The molecule has 1 aromatic heterocycles. The molecule has 0 bridgehead atoms. The van der Waals surface area contributed by atoms with Gasteiger partial charge in [-0.2, -0.15) is 0 Å². The van der Waals surface area contributed by atoms with Crippen molar-refractivity contribution in [1.82, 2.24) is 14.8 Å². The largest absolute Gasteiger partial charge is 0.336 e. The van der Waals surface area contributed by atoms with E-state index in [4.69, 9.17) is 0 Å². The number of aromatic nitrogens is 1. The Morgan fingerprint density at radius 3 is 2.19 bits per heavy atom. The highest BCUT2D eigenvalue weighted by molar-refractivity contribution is 5.91.